The zero-order valence-electron chi connectivity index (χ0n) is 26.9. The van der Waals surface area contributed by atoms with Crippen molar-refractivity contribution < 1.29 is 10.2 Å². The molecule has 2 heteroatoms. The Balaban J connectivity index is 1.77. The Bertz CT molecular complexity index is 1870. The molecule has 0 unspecified atom stereocenters. The van der Waals surface area contributed by atoms with E-state index in [-0.39, 0.29) is 11.5 Å². The van der Waals surface area contributed by atoms with Crippen molar-refractivity contribution in [1.29, 1.82) is 0 Å². The smallest absolute Gasteiger partial charge is 0.123 e. The lowest BCUT2D eigenvalue weighted by Crippen LogP contribution is -2.32. The molecule has 0 saturated carbocycles. The maximum Gasteiger partial charge on any atom is 0.123 e. The molecule has 0 saturated heterocycles. The second-order valence-electron chi connectivity index (χ2n) is 12.3. The van der Waals surface area contributed by atoms with Gasteiger partial charge in [-0.2, -0.15) is 0 Å². The minimum atomic E-state index is -1.02. The van der Waals surface area contributed by atoms with E-state index in [4.69, 9.17) is 0 Å². The van der Waals surface area contributed by atoms with Crippen LogP contribution in [0.15, 0.2) is 121 Å². The van der Waals surface area contributed by atoms with Crippen molar-refractivity contribution in [3.05, 3.63) is 177 Å². The third-order valence-electron chi connectivity index (χ3n) is 9.53. The molecule has 0 aromatic heterocycles. The topological polar surface area (TPSA) is 40.5 Å². The maximum absolute atomic E-state index is 12.4. The lowest BCUT2D eigenvalue weighted by atomic mass is 9.63. The fourth-order valence-corrected chi connectivity index (χ4v) is 7.36. The molecule has 0 spiro atoms. The summed E-state index contributed by atoms with van der Waals surface area (Å²) in [5.74, 6) is 0.452. The molecular weight excluding hydrogens is 548 g/mol. The van der Waals surface area contributed by atoms with Crippen LogP contribution in [0.2, 0.25) is 0 Å². The molecular formula is C43H40O2. The second kappa shape index (κ2) is 11.8. The highest BCUT2D eigenvalue weighted by Gasteiger charge is 2.44. The van der Waals surface area contributed by atoms with Crippen molar-refractivity contribution in [2.24, 2.45) is 0 Å². The lowest BCUT2D eigenvalue weighted by molar-refractivity contribution is 0.443. The number of aromatic hydroxyl groups is 2. The van der Waals surface area contributed by atoms with Gasteiger partial charge < -0.3 is 10.2 Å². The van der Waals surface area contributed by atoms with Gasteiger partial charge in [0.05, 0.1) is 5.41 Å². The molecule has 6 aromatic carbocycles. The van der Waals surface area contributed by atoms with Crippen LogP contribution in [-0.2, 0) is 5.41 Å². The van der Waals surface area contributed by atoms with Gasteiger partial charge in [-0.25, -0.2) is 0 Å². The molecule has 0 atom stereocenters. The number of phenolic OH excluding ortho intramolecular Hbond substituents is 2. The lowest BCUT2D eigenvalue weighted by Gasteiger charge is -2.39. The average Bonchev–Trinajstić information content (AvgIpc) is 3.05. The van der Waals surface area contributed by atoms with Crippen molar-refractivity contribution in [3.63, 3.8) is 0 Å². The largest absolute Gasteiger partial charge is 0.507 e. The van der Waals surface area contributed by atoms with Gasteiger partial charge in [0.1, 0.15) is 11.5 Å². The Labute approximate surface area is 267 Å². The van der Waals surface area contributed by atoms with Crippen LogP contribution in [0.4, 0.5) is 0 Å². The first kappa shape index (κ1) is 30.0. The van der Waals surface area contributed by atoms with Crippen LogP contribution < -0.4 is 0 Å². The summed E-state index contributed by atoms with van der Waals surface area (Å²) in [6, 6.07) is 41.4. The molecule has 0 aliphatic rings. The van der Waals surface area contributed by atoms with Gasteiger partial charge in [-0.05, 0) is 108 Å². The predicted octanol–water partition coefficient (Wildman–Crippen LogP) is 10.7. The molecule has 6 rings (SSSR count). The molecule has 0 bridgehead atoms. The molecule has 0 heterocycles. The molecule has 6 aromatic rings. The summed E-state index contributed by atoms with van der Waals surface area (Å²) >= 11 is 0. The van der Waals surface area contributed by atoms with Crippen LogP contribution >= 0.6 is 0 Å². The minimum Gasteiger partial charge on any atom is -0.507 e. The normalized spacial score (nSPS) is 11.5. The molecule has 0 amide bonds. The highest BCUT2D eigenvalue weighted by atomic mass is 16.3. The summed E-state index contributed by atoms with van der Waals surface area (Å²) in [7, 11) is 0. The highest BCUT2D eigenvalue weighted by molar-refractivity contribution is 5.82. The number of hydrogen-bond donors (Lipinski definition) is 2. The molecule has 45 heavy (non-hydrogen) atoms. The molecule has 2 N–H and O–H groups in total. The van der Waals surface area contributed by atoms with Crippen LogP contribution in [0.25, 0.3) is 22.3 Å². The van der Waals surface area contributed by atoms with E-state index in [2.05, 4.69) is 88.4 Å². The van der Waals surface area contributed by atoms with E-state index in [9.17, 15) is 10.2 Å². The van der Waals surface area contributed by atoms with Crippen molar-refractivity contribution in [2.45, 2.75) is 47.0 Å². The van der Waals surface area contributed by atoms with Crippen LogP contribution in [0, 0.1) is 41.5 Å². The summed E-state index contributed by atoms with van der Waals surface area (Å²) in [6.45, 7) is 12.5. The summed E-state index contributed by atoms with van der Waals surface area (Å²) in [5, 5.41) is 24.8. The van der Waals surface area contributed by atoms with Crippen molar-refractivity contribution in [2.75, 3.05) is 0 Å². The van der Waals surface area contributed by atoms with Gasteiger partial charge in [0.15, 0.2) is 0 Å². The fraction of sp³-hybridized carbons (Fsp3) is 0.163. The SMILES string of the molecule is Cc1ccccc1-c1c(C)cc(C(c2ccccc2)(c2ccccc2)c2cc(C)c(-c3ccccc3C)c(C)c2O)c(O)c1C. The maximum atomic E-state index is 12.4. The van der Waals surface area contributed by atoms with Gasteiger partial charge in [-0.15, -0.1) is 0 Å². The molecule has 0 aliphatic carbocycles. The quantitative estimate of drug-likeness (QED) is 0.190. The van der Waals surface area contributed by atoms with Gasteiger partial charge in [0, 0.05) is 11.1 Å². The first-order valence-electron chi connectivity index (χ1n) is 15.6. The first-order chi connectivity index (χ1) is 21.7. The molecule has 0 aliphatic heterocycles. The summed E-state index contributed by atoms with van der Waals surface area (Å²) in [6.07, 6.45) is 0. The van der Waals surface area contributed by atoms with E-state index in [1.165, 1.54) is 0 Å². The van der Waals surface area contributed by atoms with E-state index >= 15 is 0 Å². The predicted molar refractivity (Wildman–Crippen MR) is 187 cm³/mol. The van der Waals surface area contributed by atoms with Crippen LogP contribution in [0.5, 0.6) is 11.5 Å². The average molecular weight is 589 g/mol. The standard InChI is InChI=1S/C43H40O2/c1-27-17-13-15-23-35(27)39-29(3)25-37(41(44)31(39)5)43(33-19-9-7-10-20-33,34-21-11-8-12-22-34)38-26-30(4)40(32(6)42(38)45)36-24-16-14-18-28(36)2/h7-26,44-45H,1-6H3. The Morgan fingerprint density at radius 2 is 0.733 bits per heavy atom. The first-order valence-corrected chi connectivity index (χ1v) is 15.6. The number of hydrogen-bond acceptors (Lipinski definition) is 2. The zero-order valence-corrected chi connectivity index (χ0v) is 26.9. The summed E-state index contributed by atoms with van der Waals surface area (Å²) < 4.78 is 0. The van der Waals surface area contributed by atoms with Gasteiger partial charge >= 0.3 is 0 Å². The molecule has 224 valence electrons. The van der Waals surface area contributed by atoms with Gasteiger partial charge in [-0.1, -0.05) is 121 Å². The summed E-state index contributed by atoms with van der Waals surface area (Å²) in [4.78, 5) is 0. The zero-order chi connectivity index (χ0) is 31.9. The van der Waals surface area contributed by atoms with Crippen LogP contribution in [-0.4, -0.2) is 10.2 Å². The fourth-order valence-electron chi connectivity index (χ4n) is 7.36. The minimum absolute atomic E-state index is 0.226. The van der Waals surface area contributed by atoms with E-state index < -0.39 is 5.41 Å². The number of rotatable bonds is 6. The molecule has 0 radical (unpaired) electrons. The Kier molecular flexibility index (Phi) is 7.85. The third kappa shape index (κ3) is 4.82. The second-order valence-corrected chi connectivity index (χ2v) is 12.3. The number of benzene rings is 6. The Hall–Kier alpha value is -5.08. The van der Waals surface area contributed by atoms with Crippen molar-refractivity contribution in [1.82, 2.24) is 0 Å². The van der Waals surface area contributed by atoms with Gasteiger partial charge in [0.2, 0.25) is 0 Å². The molecule has 2 nitrogen and oxygen atoms in total. The van der Waals surface area contributed by atoms with Gasteiger partial charge in [-0.3, -0.25) is 0 Å². The number of phenols is 2. The van der Waals surface area contributed by atoms with E-state index in [0.717, 1.165) is 77.9 Å². The Morgan fingerprint density at radius 1 is 0.400 bits per heavy atom. The Morgan fingerprint density at radius 3 is 1.09 bits per heavy atom. The summed E-state index contributed by atoms with van der Waals surface area (Å²) in [5.41, 5.74) is 12.8. The van der Waals surface area contributed by atoms with Gasteiger partial charge in [0.25, 0.3) is 0 Å². The molecule has 0 fully saturated rings. The van der Waals surface area contributed by atoms with Crippen molar-refractivity contribution >= 4 is 0 Å². The van der Waals surface area contributed by atoms with Crippen LogP contribution in [0.1, 0.15) is 55.6 Å². The highest BCUT2D eigenvalue weighted by Crippen LogP contribution is 2.54. The van der Waals surface area contributed by atoms with Crippen molar-refractivity contribution in [3.8, 4) is 33.8 Å². The van der Waals surface area contributed by atoms with E-state index in [0.29, 0.717) is 0 Å². The van der Waals surface area contributed by atoms with Crippen LogP contribution in [0.3, 0.4) is 0 Å². The van der Waals surface area contributed by atoms with E-state index in [1.807, 2.05) is 74.5 Å². The van der Waals surface area contributed by atoms with E-state index in [1.54, 1.807) is 0 Å². The third-order valence-corrected chi connectivity index (χ3v) is 9.53. The monoisotopic (exact) mass is 588 g/mol. The number of aryl methyl sites for hydroxylation is 4.